The van der Waals surface area contributed by atoms with E-state index in [4.69, 9.17) is 4.74 Å². The lowest BCUT2D eigenvalue weighted by Gasteiger charge is -2.14. The molecule has 1 unspecified atom stereocenters. The molecule has 0 aliphatic rings. The van der Waals surface area contributed by atoms with Crippen LogP contribution in [0.1, 0.15) is 6.92 Å². The third-order valence-corrected chi connectivity index (χ3v) is 4.01. The van der Waals surface area contributed by atoms with Gasteiger partial charge in [-0.05, 0) is 54.6 Å². The number of anilines is 1. The summed E-state index contributed by atoms with van der Waals surface area (Å²) < 4.78 is 19.7. The van der Waals surface area contributed by atoms with Crippen LogP contribution < -0.4 is 15.6 Å². The highest BCUT2D eigenvalue weighted by Gasteiger charge is 2.11. The van der Waals surface area contributed by atoms with Crippen molar-refractivity contribution in [2.75, 3.05) is 11.9 Å². The van der Waals surface area contributed by atoms with Crippen LogP contribution in [0.2, 0.25) is 0 Å². The predicted molar refractivity (Wildman–Crippen MR) is 106 cm³/mol. The van der Waals surface area contributed by atoms with Crippen molar-refractivity contribution in [2.24, 2.45) is 0 Å². The van der Waals surface area contributed by atoms with E-state index in [1.165, 1.54) is 25.1 Å². The van der Waals surface area contributed by atoms with Crippen LogP contribution in [0.25, 0.3) is 11.3 Å². The molecule has 0 fully saturated rings. The lowest BCUT2D eigenvalue weighted by atomic mass is 10.1. The topological polar surface area (TPSA) is 93.4 Å². The molecular weight excluding hydrogens is 377 g/mol. The maximum Gasteiger partial charge on any atom is 0.266 e. The zero-order valence-electron chi connectivity index (χ0n) is 15.7. The van der Waals surface area contributed by atoms with Crippen molar-refractivity contribution in [3.05, 3.63) is 76.8 Å². The summed E-state index contributed by atoms with van der Waals surface area (Å²) in [5, 5.41) is 17.1. The van der Waals surface area contributed by atoms with Crippen LogP contribution in [0.3, 0.4) is 0 Å². The molecule has 3 aromatic rings. The van der Waals surface area contributed by atoms with Crippen molar-refractivity contribution in [2.45, 2.75) is 19.6 Å². The molecule has 0 aliphatic carbocycles. The van der Waals surface area contributed by atoms with Crippen LogP contribution in [0, 0.1) is 5.82 Å². The number of aromatic nitrogens is 2. The van der Waals surface area contributed by atoms with Crippen molar-refractivity contribution in [1.82, 2.24) is 9.78 Å². The van der Waals surface area contributed by atoms with Gasteiger partial charge in [0.1, 0.15) is 24.3 Å². The number of nitrogens with one attached hydrogen (secondary N) is 1. The van der Waals surface area contributed by atoms with Gasteiger partial charge in [0, 0.05) is 24.2 Å². The van der Waals surface area contributed by atoms with Crippen molar-refractivity contribution >= 4 is 11.6 Å². The second kappa shape index (κ2) is 9.11. The summed E-state index contributed by atoms with van der Waals surface area (Å²) in [6.45, 7) is 1.31. The molecule has 29 heavy (non-hydrogen) atoms. The Morgan fingerprint density at radius 1 is 1.14 bits per heavy atom. The molecule has 8 heteroatoms. The van der Waals surface area contributed by atoms with Crippen LogP contribution in [-0.2, 0) is 11.3 Å². The zero-order chi connectivity index (χ0) is 20.8. The second-order valence-electron chi connectivity index (χ2n) is 6.42. The highest BCUT2D eigenvalue weighted by Crippen LogP contribution is 2.17. The van der Waals surface area contributed by atoms with Gasteiger partial charge in [-0.1, -0.05) is 0 Å². The highest BCUT2D eigenvalue weighted by molar-refractivity contribution is 5.88. The van der Waals surface area contributed by atoms with Crippen LogP contribution in [0.15, 0.2) is 65.5 Å². The molecule has 2 N–H and O–H groups in total. The first-order chi connectivity index (χ1) is 13.9. The zero-order valence-corrected chi connectivity index (χ0v) is 15.7. The monoisotopic (exact) mass is 397 g/mol. The average Bonchev–Trinajstić information content (AvgIpc) is 2.69. The third-order valence-electron chi connectivity index (χ3n) is 4.01. The van der Waals surface area contributed by atoms with Gasteiger partial charge in [-0.3, -0.25) is 9.59 Å². The Hall–Kier alpha value is -3.52. The molecular formula is C21H20FN3O4. The van der Waals surface area contributed by atoms with E-state index in [1.807, 2.05) is 0 Å². The first-order valence-corrected chi connectivity index (χ1v) is 8.93. The molecule has 1 atom stereocenters. The quantitative estimate of drug-likeness (QED) is 0.639. The first kappa shape index (κ1) is 20.2. The van der Waals surface area contributed by atoms with Crippen molar-refractivity contribution in [3.8, 4) is 17.0 Å². The van der Waals surface area contributed by atoms with E-state index in [-0.39, 0.29) is 30.4 Å². The Balaban J connectivity index is 1.62. The normalized spacial score (nSPS) is 11.7. The van der Waals surface area contributed by atoms with Gasteiger partial charge in [-0.15, -0.1) is 0 Å². The van der Waals surface area contributed by atoms with Crippen LogP contribution in [0.4, 0.5) is 10.1 Å². The van der Waals surface area contributed by atoms with Crippen molar-refractivity contribution in [1.29, 1.82) is 0 Å². The minimum absolute atomic E-state index is 0.0472. The molecule has 2 aromatic carbocycles. The van der Waals surface area contributed by atoms with E-state index in [0.717, 1.165) is 4.68 Å². The average molecular weight is 397 g/mol. The van der Waals surface area contributed by atoms with E-state index < -0.39 is 6.10 Å². The summed E-state index contributed by atoms with van der Waals surface area (Å²) >= 11 is 0. The summed E-state index contributed by atoms with van der Waals surface area (Å²) in [5.41, 5.74) is 1.42. The summed E-state index contributed by atoms with van der Waals surface area (Å²) in [4.78, 5) is 23.1. The molecule has 3 rings (SSSR count). The maximum atomic E-state index is 13.1. The number of carbonyl (C=O) groups excluding carboxylic acids is 1. The summed E-state index contributed by atoms with van der Waals surface area (Å²) in [7, 11) is 0. The SMILES string of the molecule is CC(=O)Nc1ccc(OCC(O)Cn2nc(-c3ccc(F)cc3)ccc2=O)cc1. The molecule has 1 aromatic heterocycles. The minimum Gasteiger partial charge on any atom is -0.491 e. The van der Waals surface area contributed by atoms with Gasteiger partial charge < -0.3 is 15.2 Å². The lowest BCUT2D eigenvalue weighted by Crippen LogP contribution is -2.31. The van der Waals surface area contributed by atoms with Crippen LogP contribution >= 0.6 is 0 Å². The Labute approximate surface area is 166 Å². The number of aliphatic hydroxyl groups excluding tert-OH is 1. The fourth-order valence-corrected chi connectivity index (χ4v) is 2.64. The van der Waals surface area contributed by atoms with Gasteiger partial charge in [0.05, 0.1) is 12.2 Å². The number of halogens is 1. The standard InChI is InChI=1S/C21H20FN3O4/c1-14(26)23-17-6-8-19(9-7-17)29-13-18(27)12-25-21(28)11-10-20(24-25)15-2-4-16(22)5-3-15/h2-11,18,27H,12-13H2,1H3,(H,23,26). The van der Waals surface area contributed by atoms with Gasteiger partial charge in [0.25, 0.3) is 5.56 Å². The van der Waals surface area contributed by atoms with E-state index in [0.29, 0.717) is 22.7 Å². The molecule has 0 saturated carbocycles. The Morgan fingerprint density at radius 3 is 2.48 bits per heavy atom. The summed E-state index contributed by atoms with van der Waals surface area (Å²) in [6, 6.07) is 15.3. The second-order valence-corrected chi connectivity index (χ2v) is 6.42. The fraction of sp³-hybridized carbons (Fsp3) is 0.190. The van der Waals surface area contributed by atoms with Gasteiger partial charge in [0.2, 0.25) is 5.91 Å². The van der Waals surface area contributed by atoms with Gasteiger partial charge >= 0.3 is 0 Å². The number of ether oxygens (including phenoxy) is 1. The van der Waals surface area contributed by atoms with Gasteiger partial charge in [-0.2, -0.15) is 5.10 Å². The number of benzene rings is 2. The Morgan fingerprint density at radius 2 is 1.83 bits per heavy atom. The molecule has 1 heterocycles. The molecule has 0 bridgehead atoms. The molecule has 150 valence electrons. The molecule has 7 nitrogen and oxygen atoms in total. The molecule has 0 aliphatic heterocycles. The Bertz CT molecular complexity index is 1030. The fourth-order valence-electron chi connectivity index (χ4n) is 2.64. The highest BCUT2D eigenvalue weighted by atomic mass is 19.1. The summed E-state index contributed by atoms with van der Waals surface area (Å²) in [6.07, 6.45) is -0.973. The van der Waals surface area contributed by atoms with Crippen molar-refractivity contribution in [3.63, 3.8) is 0 Å². The Kier molecular flexibility index (Phi) is 6.36. The van der Waals surface area contributed by atoms with E-state index >= 15 is 0 Å². The van der Waals surface area contributed by atoms with Crippen LogP contribution in [0.5, 0.6) is 5.75 Å². The van der Waals surface area contributed by atoms with Crippen LogP contribution in [-0.4, -0.2) is 33.5 Å². The van der Waals surface area contributed by atoms with Gasteiger partial charge in [0.15, 0.2) is 0 Å². The van der Waals surface area contributed by atoms with E-state index in [1.54, 1.807) is 42.5 Å². The third kappa shape index (κ3) is 5.73. The number of hydrogen-bond donors (Lipinski definition) is 2. The first-order valence-electron chi connectivity index (χ1n) is 8.93. The molecule has 0 saturated heterocycles. The maximum absolute atomic E-state index is 13.1. The summed E-state index contributed by atoms with van der Waals surface area (Å²) in [5.74, 6) is -0.0202. The number of hydrogen-bond acceptors (Lipinski definition) is 5. The smallest absolute Gasteiger partial charge is 0.266 e. The van der Waals surface area contributed by atoms with E-state index in [9.17, 15) is 19.1 Å². The van der Waals surface area contributed by atoms with E-state index in [2.05, 4.69) is 10.4 Å². The molecule has 0 spiro atoms. The molecule has 1 amide bonds. The number of rotatable bonds is 7. The lowest BCUT2D eigenvalue weighted by molar-refractivity contribution is -0.114. The predicted octanol–water partition coefficient (Wildman–Crippen LogP) is 2.45. The largest absolute Gasteiger partial charge is 0.491 e. The molecule has 0 radical (unpaired) electrons. The number of carbonyl (C=O) groups is 1. The van der Waals surface area contributed by atoms with Crippen molar-refractivity contribution < 1.29 is 19.0 Å². The number of aliphatic hydroxyl groups is 1. The number of nitrogens with zero attached hydrogens (tertiary/aromatic N) is 2. The minimum atomic E-state index is -0.973. The van der Waals surface area contributed by atoms with Gasteiger partial charge in [-0.25, -0.2) is 9.07 Å². The number of amides is 1.